The van der Waals surface area contributed by atoms with Gasteiger partial charge in [-0.25, -0.2) is 12.8 Å². The van der Waals surface area contributed by atoms with E-state index < -0.39 is 22.1 Å². The first kappa shape index (κ1) is 22.8. The van der Waals surface area contributed by atoms with E-state index in [1.807, 2.05) is 13.0 Å². The summed E-state index contributed by atoms with van der Waals surface area (Å²) in [6.45, 7) is 3.47. The van der Waals surface area contributed by atoms with Crippen LogP contribution in [-0.2, 0) is 14.8 Å². The van der Waals surface area contributed by atoms with Crippen molar-refractivity contribution in [2.75, 3.05) is 10.8 Å². The number of ether oxygens (including phenoxy) is 1. The van der Waals surface area contributed by atoms with Crippen molar-refractivity contribution in [1.82, 2.24) is 0 Å². The van der Waals surface area contributed by atoms with Gasteiger partial charge in [0.1, 0.15) is 17.7 Å². The maximum Gasteiger partial charge on any atom is 0.303 e. The molecule has 0 spiro atoms. The van der Waals surface area contributed by atoms with Crippen LogP contribution in [0.15, 0.2) is 65.6 Å². The number of sulfonamides is 1. The van der Waals surface area contributed by atoms with Crippen molar-refractivity contribution in [3.63, 3.8) is 0 Å². The minimum absolute atomic E-state index is 0.0115. The van der Waals surface area contributed by atoms with Crippen LogP contribution in [-0.4, -0.2) is 32.1 Å². The van der Waals surface area contributed by atoms with Crippen LogP contribution in [0.3, 0.4) is 0 Å². The lowest BCUT2D eigenvalue weighted by Gasteiger charge is -2.35. The zero-order chi connectivity index (χ0) is 23.8. The number of nitrogens with zero attached hydrogens (tertiary/aromatic N) is 1. The van der Waals surface area contributed by atoms with Crippen molar-refractivity contribution in [3.05, 3.63) is 77.6 Å². The first-order valence-electron chi connectivity index (χ1n) is 10.5. The third-order valence-corrected chi connectivity index (χ3v) is 7.42. The summed E-state index contributed by atoms with van der Waals surface area (Å²) >= 11 is 0. The fraction of sp³-hybridized carbons (Fsp3) is 0.240. The highest BCUT2D eigenvalue weighted by atomic mass is 32.2. The Hall–Kier alpha value is -3.39. The van der Waals surface area contributed by atoms with E-state index in [0.29, 0.717) is 22.6 Å². The molecule has 0 aromatic heterocycles. The number of carboxylic acid groups (broad SMARTS) is 1. The highest BCUT2D eigenvalue weighted by molar-refractivity contribution is 7.92. The molecule has 0 fully saturated rings. The SMILES string of the molecule is Cc1cccc(S(=O)(=O)N2C[C@H](CCC(=O)O)Oc3ccc(-c4ccc(F)c(C)c4)cc32)c1. The number of hydrogen-bond acceptors (Lipinski definition) is 4. The number of anilines is 1. The summed E-state index contributed by atoms with van der Waals surface area (Å²) in [5, 5.41) is 9.06. The maximum absolute atomic E-state index is 13.7. The average Bonchev–Trinajstić information content (AvgIpc) is 2.78. The first-order valence-corrected chi connectivity index (χ1v) is 12.0. The fourth-order valence-electron chi connectivity index (χ4n) is 3.88. The van der Waals surface area contributed by atoms with Gasteiger partial charge in [-0.1, -0.05) is 24.3 Å². The molecule has 3 aromatic rings. The zero-order valence-electron chi connectivity index (χ0n) is 18.3. The third kappa shape index (κ3) is 4.71. The number of carboxylic acids is 1. The quantitative estimate of drug-likeness (QED) is 0.553. The molecule has 8 heteroatoms. The second-order valence-corrected chi connectivity index (χ2v) is 10.0. The lowest BCUT2D eigenvalue weighted by molar-refractivity contribution is -0.137. The van der Waals surface area contributed by atoms with E-state index in [1.165, 1.54) is 16.4 Å². The predicted octanol–water partition coefficient (Wildman–Crippen LogP) is 4.93. The van der Waals surface area contributed by atoms with E-state index in [9.17, 15) is 17.6 Å². The number of hydrogen-bond donors (Lipinski definition) is 1. The molecule has 3 aromatic carbocycles. The van der Waals surface area contributed by atoms with Crippen LogP contribution in [0.25, 0.3) is 11.1 Å². The summed E-state index contributed by atoms with van der Waals surface area (Å²) in [7, 11) is -3.94. The van der Waals surface area contributed by atoms with Crippen LogP contribution in [0.2, 0.25) is 0 Å². The second-order valence-electron chi connectivity index (χ2n) is 8.17. The van der Waals surface area contributed by atoms with Gasteiger partial charge < -0.3 is 9.84 Å². The van der Waals surface area contributed by atoms with Gasteiger partial charge >= 0.3 is 5.97 Å². The van der Waals surface area contributed by atoms with Gasteiger partial charge in [0.15, 0.2) is 0 Å². The molecular weight excluding hydrogens is 445 g/mol. The van der Waals surface area contributed by atoms with Crippen molar-refractivity contribution in [3.8, 4) is 16.9 Å². The first-order chi connectivity index (χ1) is 15.6. The number of aryl methyl sites for hydroxylation is 2. The van der Waals surface area contributed by atoms with Gasteiger partial charge in [-0.2, -0.15) is 0 Å². The van der Waals surface area contributed by atoms with Crippen LogP contribution in [0, 0.1) is 19.7 Å². The molecule has 172 valence electrons. The summed E-state index contributed by atoms with van der Waals surface area (Å²) in [6, 6.07) is 16.5. The van der Waals surface area contributed by atoms with E-state index in [0.717, 1.165) is 11.1 Å². The number of benzene rings is 3. The van der Waals surface area contributed by atoms with E-state index in [1.54, 1.807) is 49.4 Å². The minimum Gasteiger partial charge on any atom is -0.486 e. The fourth-order valence-corrected chi connectivity index (χ4v) is 5.49. The molecule has 0 amide bonds. The predicted molar refractivity (Wildman–Crippen MR) is 124 cm³/mol. The Kier molecular flexibility index (Phi) is 6.12. The molecule has 0 bridgehead atoms. The molecule has 4 rings (SSSR count). The Bertz CT molecular complexity index is 1320. The molecule has 0 aliphatic carbocycles. The van der Waals surface area contributed by atoms with Gasteiger partial charge in [-0.05, 0) is 78.9 Å². The molecule has 1 aliphatic heterocycles. The van der Waals surface area contributed by atoms with E-state index in [2.05, 4.69) is 0 Å². The molecular formula is C25H24FNO5S. The van der Waals surface area contributed by atoms with Crippen LogP contribution in [0.4, 0.5) is 10.1 Å². The molecule has 0 saturated carbocycles. The van der Waals surface area contributed by atoms with Crippen molar-refractivity contribution < 1.29 is 27.4 Å². The van der Waals surface area contributed by atoms with Gasteiger partial charge in [0.25, 0.3) is 10.0 Å². The summed E-state index contributed by atoms with van der Waals surface area (Å²) in [5.74, 6) is -0.931. The van der Waals surface area contributed by atoms with E-state index in [-0.39, 0.29) is 30.1 Å². The zero-order valence-corrected chi connectivity index (χ0v) is 19.1. The molecule has 33 heavy (non-hydrogen) atoms. The summed E-state index contributed by atoms with van der Waals surface area (Å²) in [5.41, 5.74) is 3.12. The highest BCUT2D eigenvalue weighted by Crippen LogP contribution is 2.40. The monoisotopic (exact) mass is 469 g/mol. The number of aliphatic carboxylic acids is 1. The van der Waals surface area contributed by atoms with Gasteiger partial charge in [0.05, 0.1) is 17.1 Å². The van der Waals surface area contributed by atoms with Crippen molar-refractivity contribution >= 4 is 21.7 Å². The molecule has 6 nitrogen and oxygen atoms in total. The number of fused-ring (bicyclic) bond motifs is 1. The van der Waals surface area contributed by atoms with E-state index in [4.69, 9.17) is 9.84 Å². The topological polar surface area (TPSA) is 83.9 Å². The molecule has 1 aliphatic rings. The lowest BCUT2D eigenvalue weighted by Crippen LogP contribution is -2.43. The van der Waals surface area contributed by atoms with Gasteiger partial charge in [-0.15, -0.1) is 0 Å². The van der Waals surface area contributed by atoms with Crippen molar-refractivity contribution in [1.29, 1.82) is 0 Å². The maximum atomic E-state index is 13.7. The van der Waals surface area contributed by atoms with E-state index >= 15 is 0 Å². The Balaban J connectivity index is 1.80. The van der Waals surface area contributed by atoms with Crippen LogP contribution in [0.5, 0.6) is 5.75 Å². The largest absolute Gasteiger partial charge is 0.486 e. The molecule has 0 unspecified atom stereocenters. The Labute approximate surface area is 192 Å². The highest BCUT2D eigenvalue weighted by Gasteiger charge is 2.35. The van der Waals surface area contributed by atoms with Gasteiger partial charge in [0.2, 0.25) is 0 Å². The molecule has 0 saturated heterocycles. The van der Waals surface area contributed by atoms with Gasteiger partial charge in [-0.3, -0.25) is 9.10 Å². The molecule has 1 atom stereocenters. The lowest BCUT2D eigenvalue weighted by atomic mass is 10.0. The number of halogens is 1. The third-order valence-electron chi connectivity index (χ3n) is 5.64. The Morgan fingerprint density at radius 1 is 1.09 bits per heavy atom. The van der Waals surface area contributed by atoms with Crippen LogP contribution in [0.1, 0.15) is 24.0 Å². The number of rotatable bonds is 6. The normalized spacial score (nSPS) is 15.6. The minimum atomic E-state index is -3.94. The number of carbonyl (C=O) groups is 1. The molecule has 0 radical (unpaired) electrons. The Morgan fingerprint density at radius 2 is 1.82 bits per heavy atom. The van der Waals surface area contributed by atoms with Crippen molar-refractivity contribution in [2.24, 2.45) is 0 Å². The molecule has 1 heterocycles. The smallest absolute Gasteiger partial charge is 0.303 e. The molecule has 1 N–H and O–H groups in total. The van der Waals surface area contributed by atoms with Crippen molar-refractivity contribution in [2.45, 2.75) is 37.7 Å². The summed E-state index contributed by atoms with van der Waals surface area (Å²) < 4.78 is 48.3. The second kappa shape index (κ2) is 8.86. The average molecular weight is 470 g/mol. The standard InChI is InChI=1S/C25H24FNO5S/c1-16-4-3-5-21(12-16)33(30,31)27-15-20(8-11-25(28)29)32-24-10-7-19(14-23(24)27)18-6-9-22(26)17(2)13-18/h3-7,9-10,12-14,20H,8,11,15H2,1-2H3,(H,28,29)/t20-/m0/s1. The Morgan fingerprint density at radius 3 is 2.52 bits per heavy atom. The van der Waals surface area contributed by atoms with Gasteiger partial charge in [0, 0.05) is 6.42 Å². The summed E-state index contributed by atoms with van der Waals surface area (Å²) in [4.78, 5) is 11.2. The van der Waals surface area contributed by atoms with Crippen LogP contribution < -0.4 is 9.04 Å². The van der Waals surface area contributed by atoms with Crippen LogP contribution >= 0.6 is 0 Å². The summed E-state index contributed by atoms with van der Waals surface area (Å²) in [6.07, 6.45) is -0.564.